The first-order valence-electron chi connectivity index (χ1n) is 5.32. The molecule has 1 aromatic rings. The predicted octanol–water partition coefficient (Wildman–Crippen LogP) is 1.99. The van der Waals surface area contributed by atoms with Crippen LogP contribution in [0.5, 0.6) is 0 Å². The van der Waals surface area contributed by atoms with E-state index in [4.69, 9.17) is 0 Å². The highest BCUT2D eigenvalue weighted by atomic mass is 32.2. The molecule has 4 nitrogen and oxygen atoms in total. The number of hydrogen-bond donors (Lipinski definition) is 1. The molecule has 0 spiro atoms. The van der Waals surface area contributed by atoms with E-state index in [1.807, 2.05) is 38.3 Å². The SMILES string of the molecule is CCN(CC)S(=O)(=O)NC(C)c1cccs1. The van der Waals surface area contributed by atoms with Gasteiger partial charge in [-0.1, -0.05) is 19.9 Å². The van der Waals surface area contributed by atoms with Gasteiger partial charge >= 0.3 is 0 Å². The summed E-state index contributed by atoms with van der Waals surface area (Å²) >= 11 is 1.55. The summed E-state index contributed by atoms with van der Waals surface area (Å²) in [5.41, 5.74) is 0. The van der Waals surface area contributed by atoms with E-state index in [0.717, 1.165) is 4.88 Å². The zero-order valence-corrected chi connectivity index (χ0v) is 11.4. The van der Waals surface area contributed by atoms with Gasteiger partial charge in [0.05, 0.1) is 6.04 Å². The summed E-state index contributed by atoms with van der Waals surface area (Å²) in [5.74, 6) is 0. The average molecular weight is 262 g/mol. The number of hydrogen-bond acceptors (Lipinski definition) is 3. The molecule has 1 unspecified atom stereocenters. The molecule has 0 aliphatic rings. The highest BCUT2D eigenvalue weighted by Crippen LogP contribution is 2.19. The molecule has 0 aromatic carbocycles. The molecule has 0 saturated carbocycles. The summed E-state index contributed by atoms with van der Waals surface area (Å²) in [5, 5.41) is 1.94. The Bertz CT molecular complexity index is 396. The summed E-state index contributed by atoms with van der Waals surface area (Å²) < 4.78 is 27.9. The molecule has 1 N–H and O–H groups in total. The second kappa shape index (κ2) is 5.77. The number of rotatable bonds is 6. The van der Waals surface area contributed by atoms with Gasteiger partial charge in [0.2, 0.25) is 0 Å². The van der Waals surface area contributed by atoms with Crippen molar-refractivity contribution in [3.8, 4) is 0 Å². The third kappa shape index (κ3) is 3.28. The lowest BCUT2D eigenvalue weighted by Crippen LogP contribution is -2.41. The fourth-order valence-electron chi connectivity index (χ4n) is 1.46. The second-order valence-electron chi connectivity index (χ2n) is 3.44. The largest absolute Gasteiger partial charge is 0.280 e. The first-order chi connectivity index (χ1) is 7.51. The lowest BCUT2D eigenvalue weighted by Gasteiger charge is -2.21. The van der Waals surface area contributed by atoms with Gasteiger partial charge in [0.1, 0.15) is 0 Å². The zero-order valence-electron chi connectivity index (χ0n) is 9.80. The van der Waals surface area contributed by atoms with Gasteiger partial charge in [-0.3, -0.25) is 0 Å². The Morgan fingerprint density at radius 1 is 1.44 bits per heavy atom. The minimum absolute atomic E-state index is 0.175. The first kappa shape index (κ1) is 13.6. The van der Waals surface area contributed by atoms with E-state index in [1.54, 1.807) is 11.3 Å². The maximum Gasteiger partial charge on any atom is 0.280 e. The van der Waals surface area contributed by atoms with Gasteiger partial charge in [-0.15, -0.1) is 11.3 Å². The van der Waals surface area contributed by atoms with E-state index >= 15 is 0 Å². The highest BCUT2D eigenvalue weighted by molar-refractivity contribution is 7.87. The Balaban J connectivity index is 2.73. The molecule has 6 heteroatoms. The van der Waals surface area contributed by atoms with Gasteiger partial charge in [-0.25, -0.2) is 0 Å². The summed E-state index contributed by atoms with van der Waals surface area (Å²) in [7, 11) is -3.36. The molecular weight excluding hydrogens is 244 g/mol. The fourth-order valence-corrected chi connectivity index (χ4v) is 3.67. The van der Waals surface area contributed by atoms with E-state index < -0.39 is 10.2 Å². The van der Waals surface area contributed by atoms with Crippen LogP contribution in [-0.2, 0) is 10.2 Å². The maximum atomic E-state index is 11.9. The van der Waals surface area contributed by atoms with Crippen molar-refractivity contribution in [1.82, 2.24) is 9.03 Å². The molecule has 0 aliphatic heterocycles. The van der Waals surface area contributed by atoms with E-state index in [0.29, 0.717) is 13.1 Å². The van der Waals surface area contributed by atoms with Crippen LogP contribution in [0.15, 0.2) is 17.5 Å². The van der Waals surface area contributed by atoms with Gasteiger partial charge in [0.25, 0.3) is 10.2 Å². The van der Waals surface area contributed by atoms with Gasteiger partial charge in [0.15, 0.2) is 0 Å². The van der Waals surface area contributed by atoms with Gasteiger partial charge in [-0.2, -0.15) is 17.4 Å². The van der Waals surface area contributed by atoms with Crippen molar-refractivity contribution >= 4 is 21.5 Å². The Hall–Kier alpha value is -0.430. The Kier molecular flexibility index (Phi) is 4.91. The normalized spacial score (nSPS) is 14.2. The summed E-state index contributed by atoms with van der Waals surface area (Å²) in [4.78, 5) is 1.02. The van der Waals surface area contributed by atoms with Crippen molar-refractivity contribution in [2.75, 3.05) is 13.1 Å². The van der Waals surface area contributed by atoms with Crippen molar-refractivity contribution in [2.24, 2.45) is 0 Å². The number of nitrogens with one attached hydrogen (secondary N) is 1. The standard InChI is InChI=1S/C10H18N2O2S2/c1-4-12(5-2)16(13,14)11-9(3)10-7-6-8-15-10/h6-9,11H,4-5H2,1-3H3. The topological polar surface area (TPSA) is 49.4 Å². The van der Waals surface area contributed by atoms with Crippen molar-refractivity contribution in [1.29, 1.82) is 0 Å². The van der Waals surface area contributed by atoms with Crippen LogP contribution in [0, 0.1) is 0 Å². The predicted molar refractivity (Wildman–Crippen MR) is 67.7 cm³/mol. The van der Waals surface area contributed by atoms with Crippen molar-refractivity contribution in [3.05, 3.63) is 22.4 Å². The Morgan fingerprint density at radius 3 is 2.50 bits per heavy atom. The Labute approximate surface area is 101 Å². The van der Waals surface area contributed by atoms with Crippen LogP contribution in [0.2, 0.25) is 0 Å². The van der Waals surface area contributed by atoms with Crippen molar-refractivity contribution in [3.63, 3.8) is 0 Å². The summed E-state index contributed by atoms with van der Waals surface area (Å²) in [6, 6.07) is 3.67. The molecule has 0 fully saturated rings. The van der Waals surface area contributed by atoms with Gasteiger partial charge in [-0.05, 0) is 18.4 Å². The van der Waals surface area contributed by atoms with Crippen LogP contribution in [0.25, 0.3) is 0 Å². The molecule has 0 amide bonds. The first-order valence-corrected chi connectivity index (χ1v) is 7.64. The van der Waals surface area contributed by atoms with Gasteiger partial charge < -0.3 is 0 Å². The molecule has 92 valence electrons. The average Bonchev–Trinajstić information content (AvgIpc) is 2.70. The molecule has 0 aliphatic carbocycles. The van der Waals surface area contributed by atoms with E-state index in [-0.39, 0.29) is 6.04 Å². The molecule has 1 rings (SSSR count). The van der Waals surface area contributed by atoms with Crippen LogP contribution in [0.4, 0.5) is 0 Å². The third-order valence-electron chi connectivity index (χ3n) is 2.34. The molecular formula is C10H18N2O2S2. The monoisotopic (exact) mass is 262 g/mol. The smallest absolute Gasteiger partial charge is 0.195 e. The highest BCUT2D eigenvalue weighted by Gasteiger charge is 2.21. The van der Waals surface area contributed by atoms with Crippen LogP contribution in [0.3, 0.4) is 0 Å². The molecule has 16 heavy (non-hydrogen) atoms. The quantitative estimate of drug-likeness (QED) is 0.852. The van der Waals surface area contributed by atoms with Crippen LogP contribution in [0.1, 0.15) is 31.7 Å². The molecule has 0 bridgehead atoms. The molecule has 1 heterocycles. The van der Waals surface area contributed by atoms with Crippen molar-refractivity contribution in [2.45, 2.75) is 26.8 Å². The lowest BCUT2D eigenvalue weighted by atomic mass is 10.3. The minimum atomic E-state index is -3.36. The second-order valence-corrected chi connectivity index (χ2v) is 6.13. The fraction of sp³-hybridized carbons (Fsp3) is 0.600. The van der Waals surface area contributed by atoms with E-state index in [1.165, 1.54) is 4.31 Å². The molecule has 1 aromatic heterocycles. The van der Waals surface area contributed by atoms with Crippen LogP contribution in [-0.4, -0.2) is 25.8 Å². The zero-order chi connectivity index (χ0) is 12.2. The maximum absolute atomic E-state index is 11.9. The summed E-state index contributed by atoms with van der Waals surface area (Å²) in [6.07, 6.45) is 0. The minimum Gasteiger partial charge on any atom is -0.195 e. The van der Waals surface area contributed by atoms with E-state index in [9.17, 15) is 8.42 Å². The van der Waals surface area contributed by atoms with Crippen molar-refractivity contribution < 1.29 is 8.42 Å². The Morgan fingerprint density at radius 2 is 2.06 bits per heavy atom. The molecule has 0 radical (unpaired) electrons. The van der Waals surface area contributed by atoms with Crippen LogP contribution < -0.4 is 4.72 Å². The molecule has 0 saturated heterocycles. The summed E-state index contributed by atoms with van der Waals surface area (Å²) in [6.45, 7) is 6.50. The van der Waals surface area contributed by atoms with E-state index in [2.05, 4.69) is 4.72 Å². The lowest BCUT2D eigenvalue weighted by molar-refractivity contribution is 0.429. The van der Waals surface area contributed by atoms with Crippen LogP contribution >= 0.6 is 11.3 Å². The molecule has 1 atom stereocenters. The third-order valence-corrected chi connectivity index (χ3v) is 5.24. The number of nitrogens with zero attached hydrogens (tertiary/aromatic N) is 1. The number of thiophene rings is 1. The van der Waals surface area contributed by atoms with Gasteiger partial charge in [0, 0.05) is 18.0 Å².